The quantitative estimate of drug-likeness (QED) is 0.825. The second-order valence-electron chi connectivity index (χ2n) is 6.67. The van der Waals surface area contributed by atoms with E-state index in [9.17, 15) is 10.2 Å². The molecule has 2 N–H and O–H groups in total. The molecule has 0 bridgehead atoms. The Hall–Kier alpha value is -0.560. The zero-order valence-corrected chi connectivity index (χ0v) is 15.1. The highest BCUT2D eigenvalue weighted by molar-refractivity contribution is 6.36. The van der Waals surface area contributed by atoms with Gasteiger partial charge in [0.05, 0.1) is 18.2 Å². The third-order valence-electron chi connectivity index (χ3n) is 5.03. The zero-order valence-electron chi connectivity index (χ0n) is 13.6. The van der Waals surface area contributed by atoms with Gasteiger partial charge in [-0.3, -0.25) is 9.80 Å². The minimum atomic E-state index is 0.0545. The van der Waals surface area contributed by atoms with Crippen molar-refractivity contribution in [1.82, 2.24) is 9.80 Å². The largest absolute Gasteiger partial charge is 0.506 e. The molecular weight excluding hydrogens is 351 g/mol. The van der Waals surface area contributed by atoms with E-state index in [4.69, 9.17) is 27.9 Å². The summed E-state index contributed by atoms with van der Waals surface area (Å²) in [4.78, 5) is 4.67. The van der Waals surface area contributed by atoms with Crippen LogP contribution in [0.3, 0.4) is 0 Å². The molecule has 134 valence electrons. The summed E-state index contributed by atoms with van der Waals surface area (Å²) in [5.74, 6) is 0.726. The Balaban J connectivity index is 1.64. The van der Waals surface area contributed by atoms with E-state index in [1.807, 2.05) is 0 Å². The predicted octanol–water partition coefficient (Wildman–Crippen LogP) is 2.07. The first-order valence-electron chi connectivity index (χ1n) is 8.37. The van der Waals surface area contributed by atoms with Gasteiger partial charge in [-0.25, -0.2) is 0 Å². The fourth-order valence-corrected chi connectivity index (χ4v) is 4.14. The van der Waals surface area contributed by atoms with Crippen LogP contribution < -0.4 is 0 Å². The third-order valence-corrected chi connectivity index (χ3v) is 5.81. The lowest BCUT2D eigenvalue weighted by atomic mass is 9.96. The minimum Gasteiger partial charge on any atom is -0.506 e. The van der Waals surface area contributed by atoms with Crippen LogP contribution in [0, 0.1) is 11.8 Å². The summed E-state index contributed by atoms with van der Waals surface area (Å²) in [5, 5.41) is 20.4. The number of phenolic OH excluding ortho intramolecular Hbond substituents is 1. The molecule has 2 heterocycles. The lowest BCUT2D eigenvalue weighted by Gasteiger charge is -2.30. The first-order chi connectivity index (χ1) is 11.6. The molecule has 0 amide bonds. The van der Waals surface area contributed by atoms with Gasteiger partial charge in [0.25, 0.3) is 0 Å². The van der Waals surface area contributed by atoms with Crippen molar-refractivity contribution in [3.8, 4) is 5.75 Å². The first kappa shape index (κ1) is 18.2. The van der Waals surface area contributed by atoms with Gasteiger partial charge >= 0.3 is 0 Å². The van der Waals surface area contributed by atoms with E-state index >= 15 is 0 Å². The van der Waals surface area contributed by atoms with Crippen LogP contribution in [0.4, 0.5) is 0 Å². The van der Waals surface area contributed by atoms with Crippen molar-refractivity contribution in [2.45, 2.75) is 6.54 Å². The van der Waals surface area contributed by atoms with E-state index in [-0.39, 0.29) is 18.3 Å². The molecule has 7 heteroatoms. The monoisotopic (exact) mass is 374 g/mol. The van der Waals surface area contributed by atoms with Gasteiger partial charge in [-0.1, -0.05) is 23.2 Å². The van der Waals surface area contributed by atoms with Gasteiger partial charge in [-0.05, 0) is 24.0 Å². The van der Waals surface area contributed by atoms with Crippen molar-refractivity contribution in [3.05, 3.63) is 27.7 Å². The van der Waals surface area contributed by atoms with Crippen molar-refractivity contribution in [2.75, 3.05) is 52.5 Å². The Kier molecular flexibility index (Phi) is 6.24. The summed E-state index contributed by atoms with van der Waals surface area (Å²) < 4.78 is 5.40. The number of aliphatic hydroxyl groups is 1. The van der Waals surface area contributed by atoms with Crippen LogP contribution in [0.25, 0.3) is 0 Å². The molecule has 3 rings (SSSR count). The van der Waals surface area contributed by atoms with Crippen LogP contribution in [-0.4, -0.2) is 72.6 Å². The number of ether oxygens (including phenoxy) is 1. The second kappa shape index (κ2) is 8.21. The topological polar surface area (TPSA) is 56.2 Å². The number of halogens is 2. The molecular formula is C17H24Cl2N2O3. The number of likely N-dealkylation sites (tertiary alicyclic amines) is 1. The van der Waals surface area contributed by atoms with Crippen molar-refractivity contribution >= 4 is 23.2 Å². The fourth-order valence-electron chi connectivity index (χ4n) is 3.65. The maximum Gasteiger partial charge on any atom is 0.134 e. The molecule has 2 aliphatic heterocycles. The molecule has 2 fully saturated rings. The van der Waals surface area contributed by atoms with Gasteiger partial charge in [0.1, 0.15) is 5.75 Å². The van der Waals surface area contributed by atoms with E-state index in [2.05, 4.69) is 9.80 Å². The standard InChI is InChI=1S/C17H24Cl2N2O3/c18-15-1-2-16(23)17(19)14(15)10-21-8-12(13(9-21)11-22)7-20-3-5-24-6-4-20/h1-2,12-13,22-23H,3-11H2/t12-,13-/m1/s1. The van der Waals surface area contributed by atoms with E-state index in [1.54, 1.807) is 6.07 Å². The van der Waals surface area contributed by atoms with Gasteiger partial charge in [0, 0.05) is 56.5 Å². The highest BCUT2D eigenvalue weighted by Crippen LogP contribution is 2.35. The molecule has 2 saturated heterocycles. The number of benzene rings is 1. The van der Waals surface area contributed by atoms with Crippen LogP contribution >= 0.6 is 23.2 Å². The van der Waals surface area contributed by atoms with Crippen molar-refractivity contribution < 1.29 is 14.9 Å². The van der Waals surface area contributed by atoms with Crippen LogP contribution in [0.15, 0.2) is 12.1 Å². The zero-order chi connectivity index (χ0) is 17.1. The normalized spacial score (nSPS) is 26.1. The minimum absolute atomic E-state index is 0.0545. The maximum atomic E-state index is 9.80. The number of phenols is 1. The summed E-state index contributed by atoms with van der Waals surface area (Å²) in [5.41, 5.74) is 0.752. The van der Waals surface area contributed by atoms with Crippen molar-refractivity contribution in [3.63, 3.8) is 0 Å². The molecule has 2 atom stereocenters. The number of morpholine rings is 1. The summed E-state index contributed by atoms with van der Waals surface area (Å²) in [7, 11) is 0. The smallest absolute Gasteiger partial charge is 0.134 e. The molecule has 5 nitrogen and oxygen atoms in total. The molecule has 0 unspecified atom stereocenters. The van der Waals surface area contributed by atoms with E-state index in [1.165, 1.54) is 6.07 Å². The molecule has 0 saturated carbocycles. The van der Waals surface area contributed by atoms with E-state index < -0.39 is 0 Å². The number of aromatic hydroxyl groups is 1. The highest BCUT2D eigenvalue weighted by atomic mass is 35.5. The number of aliphatic hydroxyl groups excluding tert-OH is 1. The van der Waals surface area contributed by atoms with Crippen LogP contribution in [0.1, 0.15) is 5.56 Å². The Morgan fingerprint density at radius 2 is 1.79 bits per heavy atom. The second-order valence-corrected chi connectivity index (χ2v) is 7.45. The van der Waals surface area contributed by atoms with Crippen molar-refractivity contribution in [2.24, 2.45) is 11.8 Å². The lowest BCUT2D eigenvalue weighted by Crippen LogP contribution is -2.41. The Bertz CT molecular complexity index is 567. The Labute approximate surface area is 152 Å². The van der Waals surface area contributed by atoms with Gasteiger partial charge < -0.3 is 14.9 Å². The van der Waals surface area contributed by atoms with Crippen molar-refractivity contribution in [1.29, 1.82) is 0 Å². The van der Waals surface area contributed by atoms with E-state index in [0.717, 1.165) is 51.5 Å². The number of nitrogens with zero attached hydrogens (tertiary/aromatic N) is 2. The van der Waals surface area contributed by atoms with Gasteiger partial charge in [0.2, 0.25) is 0 Å². The van der Waals surface area contributed by atoms with Crippen LogP contribution in [-0.2, 0) is 11.3 Å². The summed E-state index contributed by atoms with van der Waals surface area (Å²) in [6, 6.07) is 3.18. The van der Waals surface area contributed by atoms with Crippen LogP contribution in [0.2, 0.25) is 10.0 Å². The average molecular weight is 375 g/mol. The highest BCUT2D eigenvalue weighted by Gasteiger charge is 2.34. The molecule has 0 aliphatic carbocycles. The lowest BCUT2D eigenvalue weighted by molar-refractivity contribution is 0.0264. The molecule has 1 aromatic carbocycles. The molecule has 0 aromatic heterocycles. The average Bonchev–Trinajstić information content (AvgIpc) is 2.98. The van der Waals surface area contributed by atoms with Crippen LogP contribution in [0.5, 0.6) is 5.75 Å². The Morgan fingerprint density at radius 1 is 1.08 bits per heavy atom. The molecule has 2 aliphatic rings. The predicted molar refractivity (Wildman–Crippen MR) is 94.7 cm³/mol. The number of hydrogen-bond donors (Lipinski definition) is 2. The summed E-state index contributed by atoms with van der Waals surface area (Å²) in [6.45, 7) is 6.95. The SMILES string of the molecule is OC[C@H]1CN(Cc2c(Cl)ccc(O)c2Cl)C[C@H]1CN1CCOCC1. The summed E-state index contributed by atoms with van der Waals surface area (Å²) in [6.07, 6.45) is 0. The number of hydrogen-bond acceptors (Lipinski definition) is 5. The van der Waals surface area contributed by atoms with Gasteiger partial charge in [-0.2, -0.15) is 0 Å². The Morgan fingerprint density at radius 3 is 2.50 bits per heavy atom. The van der Waals surface area contributed by atoms with E-state index in [0.29, 0.717) is 22.5 Å². The first-order valence-corrected chi connectivity index (χ1v) is 9.13. The molecule has 0 spiro atoms. The number of rotatable bonds is 5. The maximum absolute atomic E-state index is 9.80. The summed E-state index contributed by atoms with van der Waals surface area (Å²) >= 11 is 12.5. The fraction of sp³-hybridized carbons (Fsp3) is 0.647. The van der Waals surface area contributed by atoms with Gasteiger partial charge in [0.15, 0.2) is 0 Å². The van der Waals surface area contributed by atoms with Gasteiger partial charge in [-0.15, -0.1) is 0 Å². The molecule has 0 radical (unpaired) electrons. The molecule has 24 heavy (non-hydrogen) atoms. The third kappa shape index (κ3) is 4.15. The molecule has 1 aromatic rings.